The molecule has 1 rings (SSSR count). The Labute approximate surface area is 99.2 Å². The van der Waals surface area contributed by atoms with E-state index < -0.39 is 0 Å². The van der Waals surface area contributed by atoms with Crippen LogP contribution in [-0.4, -0.2) is 4.99 Å². The molecule has 0 aromatic heterocycles. The summed E-state index contributed by atoms with van der Waals surface area (Å²) in [5, 5.41) is 1.31. The molecule has 1 nitrogen and oxygen atoms in total. The zero-order chi connectivity index (χ0) is 10.7. The highest BCUT2D eigenvalue weighted by Crippen LogP contribution is 2.23. The third kappa shape index (κ3) is 3.12. The van der Waals surface area contributed by atoms with Crippen molar-refractivity contribution in [3.05, 3.63) is 33.8 Å². The van der Waals surface area contributed by atoms with Crippen LogP contribution >= 0.6 is 35.4 Å². The average Bonchev–Trinajstić information content (AvgIpc) is 2.09. The summed E-state index contributed by atoms with van der Waals surface area (Å²) in [5.41, 5.74) is 6.55. The molecule has 1 atom stereocenters. The number of hydrogen-bond donors (Lipinski definition) is 1. The van der Waals surface area contributed by atoms with Crippen molar-refractivity contribution in [1.29, 1.82) is 0 Å². The molecular weight excluding hydrogens is 237 g/mol. The van der Waals surface area contributed by atoms with Gasteiger partial charge in [-0.15, -0.1) is 0 Å². The maximum absolute atomic E-state index is 6.01. The number of benzene rings is 1. The molecule has 1 unspecified atom stereocenters. The summed E-state index contributed by atoms with van der Waals surface area (Å²) in [6.45, 7) is 1.98. The topological polar surface area (TPSA) is 26.0 Å². The molecule has 0 heterocycles. The van der Waals surface area contributed by atoms with E-state index in [0.29, 0.717) is 15.0 Å². The third-order valence-electron chi connectivity index (χ3n) is 2.03. The number of nitrogens with two attached hydrogens (primary N) is 1. The molecule has 0 saturated carbocycles. The number of thiocarbonyl (C=S) groups is 1. The highest BCUT2D eigenvalue weighted by atomic mass is 35.5. The summed E-state index contributed by atoms with van der Waals surface area (Å²) in [5.74, 6) is 0.156. The molecule has 0 aliphatic carbocycles. The minimum Gasteiger partial charge on any atom is -0.393 e. The van der Waals surface area contributed by atoms with Crippen LogP contribution in [0.3, 0.4) is 0 Å². The van der Waals surface area contributed by atoms with E-state index in [1.54, 1.807) is 6.07 Å². The van der Waals surface area contributed by atoms with Gasteiger partial charge >= 0.3 is 0 Å². The predicted molar refractivity (Wildman–Crippen MR) is 66.1 cm³/mol. The lowest BCUT2D eigenvalue weighted by molar-refractivity contribution is 0.772. The van der Waals surface area contributed by atoms with E-state index in [4.69, 9.17) is 41.2 Å². The van der Waals surface area contributed by atoms with Gasteiger partial charge < -0.3 is 5.73 Å². The van der Waals surface area contributed by atoms with Crippen molar-refractivity contribution in [1.82, 2.24) is 0 Å². The fraction of sp³-hybridized carbons (Fsp3) is 0.300. The first kappa shape index (κ1) is 11.8. The molecule has 0 amide bonds. The summed E-state index contributed by atoms with van der Waals surface area (Å²) in [6, 6.07) is 5.44. The first-order chi connectivity index (χ1) is 6.50. The number of hydrogen-bond acceptors (Lipinski definition) is 1. The predicted octanol–water partition coefficient (Wildman–Crippen LogP) is 3.46. The largest absolute Gasteiger partial charge is 0.393 e. The molecule has 4 heteroatoms. The Morgan fingerprint density at radius 1 is 1.50 bits per heavy atom. The van der Waals surface area contributed by atoms with Gasteiger partial charge in [-0.25, -0.2) is 0 Å². The van der Waals surface area contributed by atoms with E-state index in [-0.39, 0.29) is 5.92 Å². The van der Waals surface area contributed by atoms with Gasteiger partial charge in [0.1, 0.15) is 0 Å². The van der Waals surface area contributed by atoms with Gasteiger partial charge in [0.15, 0.2) is 0 Å². The second kappa shape index (κ2) is 4.96. The lowest BCUT2D eigenvalue weighted by atomic mass is 10.0. The second-order valence-corrected chi connectivity index (χ2v) is 4.56. The third-order valence-corrected chi connectivity index (χ3v) is 3.02. The lowest BCUT2D eigenvalue weighted by Gasteiger charge is -2.10. The van der Waals surface area contributed by atoms with Crippen molar-refractivity contribution in [3.8, 4) is 0 Å². The summed E-state index contributed by atoms with van der Waals surface area (Å²) in [4.78, 5) is 0.510. The molecule has 0 bridgehead atoms. The maximum atomic E-state index is 6.01. The highest BCUT2D eigenvalue weighted by molar-refractivity contribution is 7.80. The molecule has 0 fully saturated rings. The average molecular weight is 248 g/mol. The molecule has 76 valence electrons. The monoisotopic (exact) mass is 247 g/mol. The SMILES string of the molecule is CC(Cc1ccc(Cl)cc1Cl)C(N)=S. The minimum absolute atomic E-state index is 0.156. The molecule has 1 aromatic rings. The fourth-order valence-corrected chi connectivity index (χ4v) is 1.69. The number of halogens is 2. The van der Waals surface area contributed by atoms with Gasteiger partial charge in [0.05, 0.1) is 4.99 Å². The van der Waals surface area contributed by atoms with Crippen molar-refractivity contribution in [2.24, 2.45) is 11.7 Å². The van der Waals surface area contributed by atoms with Gasteiger partial charge in [-0.3, -0.25) is 0 Å². The van der Waals surface area contributed by atoms with Crippen LogP contribution < -0.4 is 5.73 Å². The van der Waals surface area contributed by atoms with E-state index >= 15 is 0 Å². The van der Waals surface area contributed by atoms with Crippen LogP contribution in [0.4, 0.5) is 0 Å². The first-order valence-electron chi connectivity index (χ1n) is 4.24. The minimum atomic E-state index is 0.156. The Bertz CT molecular complexity index is 352. The summed E-state index contributed by atoms with van der Waals surface area (Å²) in [7, 11) is 0. The molecule has 0 spiro atoms. The van der Waals surface area contributed by atoms with E-state index in [2.05, 4.69) is 0 Å². The first-order valence-corrected chi connectivity index (χ1v) is 5.40. The zero-order valence-electron chi connectivity index (χ0n) is 7.76. The van der Waals surface area contributed by atoms with Crippen molar-refractivity contribution in [2.45, 2.75) is 13.3 Å². The zero-order valence-corrected chi connectivity index (χ0v) is 10.1. The van der Waals surface area contributed by atoms with Gasteiger partial charge in [-0.05, 0) is 24.1 Å². The molecule has 0 radical (unpaired) electrons. The van der Waals surface area contributed by atoms with Gasteiger partial charge in [-0.2, -0.15) is 0 Å². The smallest absolute Gasteiger partial charge is 0.0759 e. The maximum Gasteiger partial charge on any atom is 0.0759 e. The van der Waals surface area contributed by atoms with Gasteiger partial charge in [0.25, 0.3) is 0 Å². The Morgan fingerprint density at radius 2 is 2.14 bits per heavy atom. The Balaban J connectivity index is 2.82. The van der Waals surface area contributed by atoms with Crippen LogP contribution in [0.5, 0.6) is 0 Å². The van der Waals surface area contributed by atoms with Crippen molar-refractivity contribution in [3.63, 3.8) is 0 Å². The summed E-state index contributed by atoms with van der Waals surface area (Å²) >= 11 is 16.7. The van der Waals surface area contributed by atoms with Crippen LogP contribution in [0.25, 0.3) is 0 Å². The van der Waals surface area contributed by atoms with Crippen LogP contribution in [0.1, 0.15) is 12.5 Å². The normalized spacial score (nSPS) is 12.5. The quantitative estimate of drug-likeness (QED) is 0.829. The van der Waals surface area contributed by atoms with Crippen molar-refractivity contribution in [2.75, 3.05) is 0 Å². The standard InChI is InChI=1S/C10H11Cl2NS/c1-6(10(13)14)4-7-2-3-8(11)5-9(7)12/h2-3,5-6H,4H2,1H3,(H2,13,14). The van der Waals surface area contributed by atoms with Crippen LogP contribution in [0.2, 0.25) is 10.0 Å². The second-order valence-electron chi connectivity index (χ2n) is 3.24. The molecule has 0 aliphatic rings. The van der Waals surface area contributed by atoms with E-state index in [9.17, 15) is 0 Å². The Kier molecular flexibility index (Phi) is 4.17. The van der Waals surface area contributed by atoms with Crippen molar-refractivity contribution >= 4 is 40.4 Å². The van der Waals surface area contributed by atoms with Crippen LogP contribution in [0, 0.1) is 5.92 Å². The molecule has 0 aliphatic heterocycles. The van der Waals surface area contributed by atoms with Gasteiger partial charge in [-0.1, -0.05) is 48.4 Å². The van der Waals surface area contributed by atoms with Crippen LogP contribution in [0.15, 0.2) is 18.2 Å². The Hall–Kier alpha value is -0.310. The highest BCUT2D eigenvalue weighted by Gasteiger charge is 2.09. The number of rotatable bonds is 3. The summed E-state index contributed by atoms with van der Waals surface area (Å²) in [6.07, 6.45) is 0.755. The molecular formula is C10H11Cl2NS. The van der Waals surface area contributed by atoms with E-state index in [0.717, 1.165) is 12.0 Å². The summed E-state index contributed by atoms with van der Waals surface area (Å²) < 4.78 is 0. The fourth-order valence-electron chi connectivity index (χ4n) is 1.12. The van der Waals surface area contributed by atoms with Gasteiger partial charge in [0, 0.05) is 16.0 Å². The van der Waals surface area contributed by atoms with E-state index in [1.807, 2.05) is 19.1 Å². The molecule has 14 heavy (non-hydrogen) atoms. The van der Waals surface area contributed by atoms with Crippen LogP contribution in [-0.2, 0) is 6.42 Å². The van der Waals surface area contributed by atoms with Gasteiger partial charge in [0.2, 0.25) is 0 Å². The molecule has 2 N–H and O–H groups in total. The molecule has 1 aromatic carbocycles. The molecule has 0 saturated heterocycles. The Morgan fingerprint density at radius 3 is 2.64 bits per heavy atom. The lowest BCUT2D eigenvalue weighted by Crippen LogP contribution is -2.20. The van der Waals surface area contributed by atoms with Crippen molar-refractivity contribution < 1.29 is 0 Å². The van der Waals surface area contributed by atoms with E-state index in [1.165, 1.54) is 0 Å².